The van der Waals surface area contributed by atoms with Crippen LogP contribution in [-0.2, 0) is 17.6 Å². The Morgan fingerprint density at radius 3 is 2.70 bits per heavy atom. The summed E-state index contributed by atoms with van der Waals surface area (Å²) in [4.78, 5) is 12.4. The van der Waals surface area contributed by atoms with Gasteiger partial charge in [-0.15, -0.1) is 0 Å². The lowest BCUT2D eigenvalue weighted by molar-refractivity contribution is -0.116. The van der Waals surface area contributed by atoms with E-state index in [2.05, 4.69) is 41.0 Å². The predicted molar refractivity (Wildman–Crippen MR) is 94.8 cm³/mol. The van der Waals surface area contributed by atoms with Crippen LogP contribution >= 0.6 is 0 Å². The van der Waals surface area contributed by atoms with Crippen LogP contribution in [0.25, 0.3) is 10.8 Å². The van der Waals surface area contributed by atoms with E-state index in [1.807, 2.05) is 0 Å². The third-order valence-electron chi connectivity index (χ3n) is 5.39. The Hall–Kier alpha value is -1.87. The highest BCUT2D eigenvalue weighted by molar-refractivity contribution is 6.05. The summed E-state index contributed by atoms with van der Waals surface area (Å²) >= 11 is 0. The van der Waals surface area contributed by atoms with Crippen LogP contribution in [0.15, 0.2) is 30.3 Å². The van der Waals surface area contributed by atoms with Crippen LogP contribution < -0.4 is 10.6 Å². The second-order valence-corrected chi connectivity index (χ2v) is 6.89. The van der Waals surface area contributed by atoms with Gasteiger partial charge >= 0.3 is 0 Å². The van der Waals surface area contributed by atoms with Gasteiger partial charge in [-0.25, -0.2) is 0 Å². The molecule has 2 N–H and O–H groups in total. The standard InChI is InChI=1S/C20H24N2O/c23-19(9-4-14-10-12-21-13-11-14)22-18-8-7-16-6-5-15-2-1-3-17(18)20(15)16/h1-3,7-8,14,21H,4-6,9-13H2,(H,22,23). The zero-order valence-electron chi connectivity index (χ0n) is 13.5. The topological polar surface area (TPSA) is 41.1 Å². The summed E-state index contributed by atoms with van der Waals surface area (Å²) in [6.07, 6.45) is 6.30. The normalized spacial score (nSPS) is 17.6. The molecule has 0 atom stereocenters. The van der Waals surface area contributed by atoms with Gasteiger partial charge in [0.15, 0.2) is 0 Å². The number of amides is 1. The number of piperidine rings is 1. The molecule has 120 valence electrons. The minimum Gasteiger partial charge on any atom is -0.326 e. The Balaban J connectivity index is 1.46. The van der Waals surface area contributed by atoms with Gasteiger partial charge in [0.2, 0.25) is 5.91 Å². The summed E-state index contributed by atoms with van der Waals surface area (Å²) in [6.45, 7) is 2.20. The molecule has 0 spiro atoms. The SMILES string of the molecule is O=C(CCC1CCNCC1)Nc1ccc2c3c(cccc13)CC2. The minimum absolute atomic E-state index is 0.155. The molecule has 0 radical (unpaired) electrons. The lowest BCUT2D eigenvalue weighted by atomic mass is 9.93. The predicted octanol–water partition coefficient (Wildman–Crippen LogP) is 3.66. The van der Waals surface area contributed by atoms with E-state index in [1.165, 1.54) is 34.7 Å². The number of carbonyl (C=O) groups excluding carboxylic acids is 1. The molecule has 0 unspecified atom stereocenters. The number of nitrogens with one attached hydrogen (secondary N) is 2. The molecule has 23 heavy (non-hydrogen) atoms. The van der Waals surface area contributed by atoms with Gasteiger partial charge in [-0.3, -0.25) is 4.79 Å². The first-order chi connectivity index (χ1) is 11.3. The monoisotopic (exact) mass is 308 g/mol. The molecule has 2 aromatic carbocycles. The Kier molecular flexibility index (Phi) is 4.04. The van der Waals surface area contributed by atoms with Gasteiger partial charge in [0.25, 0.3) is 0 Å². The van der Waals surface area contributed by atoms with Crippen LogP contribution in [0.4, 0.5) is 5.69 Å². The second-order valence-electron chi connectivity index (χ2n) is 6.89. The summed E-state index contributed by atoms with van der Waals surface area (Å²) in [5.74, 6) is 0.858. The van der Waals surface area contributed by atoms with E-state index < -0.39 is 0 Å². The van der Waals surface area contributed by atoms with Crippen molar-refractivity contribution in [3.05, 3.63) is 41.5 Å². The van der Waals surface area contributed by atoms with Crippen molar-refractivity contribution in [2.45, 2.75) is 38.5 Å². The van der Waals surface area contributed by atoms with Crippen molar-refractivity contribution >= 4 is 22.4 Å². The van der Waals surface area contributed by atoms with Crippen molar-refractivity contribution in [3.63, 3.8) is 0 Å². The summed E-state index contributed by atoms with van der Waals surface area (Å²) in [7, 11) is 0. The molecule has 4 rings (SSSR count). The van der Waals surface area contributed by atoms with Crippen molar-refractivity contribution in [2.75, 3.05) is 18.4 Å². The Labute approximate surface area is 137 Å². The van der Waals surface area contributed by atoms with E-state index in [0.29, 0.717) is 12.3 Å². The number of carbonyl (C=O) groups is 1. The maximum Gasteiger partial charge on any atom is 0.224 e. The van der Waals surface area contributed by atoms with Crippen LogP contribution in [-0.4, -0.2) is 19.0 Å². The second kappa shape index (κ2) is 6.32. The molecule has 1 fully saturated rings. The number of anilines is 1. The van der Waals surface area contributed by atoms with Gasteiger partial charge in [-0.1, -0.05) is 24.3 Å². The Bertz CT molecular complexity index is 721. The van der Waals surface area contributed by atoms with Crippen LogP contribution in [0.2, 0.25) is 0 Å². The number of hydrogen-bond acceptors (Lipinski definition) is 2. The van der Waals surface area contributed by atoms with Crippen molar-refractivity contribution in [3.8, 4) is 0 Å². The van der Waals surface area contributed by atoms with E-state index in [0.717, 1.165) is 38.0 Å². The van der Waals surface area contributed by atoms with Gasteiger partial charge < -0.3 is 10.6 Å². The fourth-order valence-electron chi connectivity index (χ4n) is 4.07. The van der Waals surface area contributed by atoms with Crippen molar-refractivity contribution in [1.29, 1.82) is 0 Å². The summed E-state index contributed by atoms with van der Waals surface area (Å²) in [6, 6.07) is 10.7. The third kappa shape index (κ3) is 2.98. The van der Waals surface area contributed by atoms with Gasteiger partial charge in [0.1, 0.15) is 0 Å². The molecule has 1 aliphatic carbocycles. The molecule has 1 saturated heterocycles. The molecule has 1 heterocycles. The number of benzene rings is 2. The quantitative estimate of drug-likeness (QED) is 0.905. The Morgan fingerprint density at radius 1 is 1.09 bits per heavy atom. The molecular formula is C20H24N2O. The molecule has 3 heteroatoms. The van der Waals surface area contributed by atoms with Crippen molar-refractivity contribution in [2.24, 2.45) is 5.92 Å². The van der Waals surface area contributed by atoms with Gasteiger partial charge in [0, 0.05) is 17.5 Å². The fourth-order valence-corrected chi connectivity index (χ4v) is 4.07. The first-order valence-corrected chi connectivity index (χ1v) is 8.85. The molecule has 0 saturated carbocycles. The molecule has 2 aliphatic rings. The van der Waals surface area contributed by atoms with E-state index >= 15 is 0 Å². The van der Waals surface area contributed by atoms with E-state index in [4.69, 9.17) is 0 Å². The largest absolute Gasteiger partial charge is 0.326 e. The van der Waals surface area contributed by atoms with Gasteiger partial charge in [-0.2, -0.15) is 0 Å². The van der Waals surface area contributed by atoms with Crippen molar-refractivity contribution in [1.82, 2.24) is 5.32 Å². The maximum atomic E-state index is 12.4. The summed E-state index contributed by atoms with van der Waals surface area (Å²) in [5.41, 5.74) is 3.81. The minimum atomic E-state index is 0.155. The average Bonchev–Trinajstić information content (AvgIpc) is 3.01. The third-order valence-corrected chi connectivity index (χ3v) is 5.39. The highest BCUT2D eigenvalue weighted by Crippen LogP contribution is 2.35. The highest BCUT2D eigenvalue weighted by Gasteiger charge is 2.18. The van der Waals surface area contributed by atoms with Crippen LogP contribution in [0.3, 0.4) is 0 Å². The fraction of sp³-hybridized carbons (Fsp3) is 0.450. The lowest BCUT2D eigenvalue weighted by Gasteiger charge is -2.22. The summed E-state index contributed by atoms with van der Waals surface area (Å²) < 4.78 is 0. The molecular weight excluding hydrogens is 284 g/mol. The van der Waals surface area contributed by atoms with Gasteiger partial charge in [0.05, 0.1) is 0 Å². The molecule has 2 aromatic rings. The average molecular weight is 308 g/mol. The first-order valence-electron chi connectivity index (χ1n) is 8.85. The number of rotatable bonds is 4. The van der Waals surface area contributed by atoms with E-state index in [9.17, 15) is 4.79 Å². The Morgan fingerprint density at radius 2 is 1.87 bits per heavy atom. The summed E-state index contributed by atoms with van der Waals surface area (Å²) in [5, 5.41) is 9.10. The molecule has 0 aromatic heterocycles. The lowest BCUT2D eigenvalue weighted by Crippen LogP contribution is -2.28. The molecule has 0 bridgehead atoms. The number of hydrogen-bond donors (Lipinski definition) is 2. The smallest absolute Gasteiger partial charge is 0.224 e. The zero-order chi connectivity index (χ0) is 15.6. The first kappa shape index (κ1) is 14.7. The van der Waals surface area contributed by atoms with Crippen LogP contribution in [0, 0.1) is 5.92 Å². The maximum absolute atomic E-state index is 12.4. The van der Waals surface area contributed by atoms with E-state index in [1.54, 1.807) is 0 Å². The zero-order valence-corrected chi connectivity index (χ0v) is 13.5. The molecule has 3 nitrogen and oxygen atoms in total. The van der Waals surface area contributed by atoms with Crippen molar-refractivity contribution < 1.29 is 4.79 Å². The van der Waals surface area contributed by atoms with Crippen LogP contribution in [0.5, 0.6) is 0 Å². The highest BCUT2D eigenvalue weighted by atomic mass is 16.1. The van der Waals surface area contributed by atoms with E-state index in [-0.39, 0.29) is 5.91 Å². The van der Waals surface area contributed by atoms with Crippen LogP contribution in [0.1, 0.15) is 36.8 Å². The number of aryl methyl sites for hydroxylation is 2. The molecule has 1 amide bonds. The molecule has 1 aliphatic heterocycles. The van der Waals surface area contributed by atoms with Gasteiger partial charge in [-0.05, 0) is 73.7 Å².